The lowest BCUT2D eigenvalue weighted by Crippen LogP contribution is -2.31. The van der Waals surface area contributed by atoms with Crippen molar-refractivity contribution in [3.8, 4) is 0 Å². The highest BCUT2D eigenvalue weighted by molar-refractivity contribution is 5.97. The highest BCUT2D eigenvalue weighted by Gasteiger charge is 2.20. The Kier molecular flexibility index (Phi) is 5.13. The van der Waals surface area contributed by atoms with E-state index in [4.69, 9.17) is 0 Å². The first kappa shape index (κ1) is 15.5. The minimum Gasteiger partial charge on any atom is -0.465 e. The molecule has 20 heavy (non-hydrogen) atoms. The molecule has 0 saturated carbocycles. The van der Waals surface area contributed by atoms with Crippen LogP contribution in [0, 0.1) is 22.9 Å². The summed E-state index contributed by atoms with van der Waals surface area (Å²) in [7, 11) is 0. The van der Waals surface area contributed by atoms with E-state index >= 15 is 0 Å². The third-order valence-electron chi connectivity index (χ3n) is 2.39. The number of amides is 1. The fourth-order valence-electron chi connectivity index (χ4n) is 1.48. The fraction of sp³-hybridized carbons (Fsp3) is 0.333. The molecule has 0 aromatic heterocycles. The van der Waals surface area contributed by atoms with Crippen LogP contribution in [0.5, 0.6) is 0 Å². The molecule has 0 fully saturated rings. The summed E-state index contributed by atoms with van der Waals surface area (Å²) in [5.41, 5.74) is -0.910. The third-order valence-corrected chi connectivity index (χ3v) is 2.39. The fourth-order valence-corrected chi connectivity index (χ4v) is 1.48. The number of carbonyl (C=O) groups is 2. The van der Waals surface area contributed by atoms with Crippen molar-refractivity contribution in [3.05, 3.63) is 39.2 Å². The summed E-state index contributed by atoms with van der Waals surface area (Å²) in [4.78, 5) is 32.7. The molecule has 7 nitrogen and oxygen atoms in total. The molecule has 0 radical (unpaired) electrons. The van der Waals surface area contributed by atoms with Gasteiger partial charge in [-0.15, -0.1) is 0 Å². The molecule has 0 aliphatic carbocycles. The maximum Gasteiger partial charge on any atom is 0.325 e. The zero-order valence-electron chi connectivity index (χ0n) is 10.9. The van der Waals surface area contributed by atoms with Crippen LogP contribution in [0.3, 0.4) is 0 Å². The van der Waals surface area contributed by atoms with Gasteiger partial charge in [-0.2, -0.15) is 0 Å². The minimum atomic E-state index is -0.914. The number of benzene rings is 1. The minimum absolute atomic E-state index is 0.0273. The number of nitrogens with zero attached hydrogens (tertiary/aromatic N) is 1. The molecule has 1 aromatic carbocycles. The number of aryl methyl sites for hydroxylation is 1. The van der Waals surface area contributed by atoms with Crippen molar-refractivity contribution in [2.45, 2.75) is 13.8 Å². The van der Waals surface area contributed by atoms with Gasteiger partial charge in [0, 0.05) is 12.1 Å². The predicted molar refractivity (Wildman–Crippen MR) is 66.8 cm³/mol. The summed E-state index contributed by atoms with van der Waals surface area (Å²) in [6.07, 6.45) is 0. The molecule has 108 valence electrons. The second kappa shape index (κ2) is 6.60. The van der Waals surface area contributed by atoms with Crippen LogP contribution >= 0.6 is 0 Å². The van der Waals surface area contributed by atoms with Gasteiger partial charge in [0.15, 0.2) is 0 Å². The van der Waals surface area contributed by atoms with Crippen LogP contribution in [-0.2, 0) is 9.53 Å². The first-order valence-electron chi connectivity index (χ1n) is 5.75. The number of carbonyl (C=O) groups excluding carboxylic acids is 2. The number of nitrogens with one attached hydrogen (secondary N) is 1. The molecule has 8 heteroatoms. The van der Waals surface area contributed by atoms with Crippen molar-refractivity contribution in [2.75, 3.05) is 13.2 Å². The first-order chi connectivity index (χ1) is 9.36. The molecule has 0 saturated heterocycles. The second-order valence-electron chi connectivity index (χ2n) is 3.87. The van der Waals surface area contributed by atoms with Crippen molar-refractivity contribution < 1.29 is 23.6 Å². The van der Waals surface area contributed by atoms with E-state index in [1.807, 2.05) is 0 Å². The SMILES string of the molecule is CCOC(=O)CNC(=O)c1cc([N+](=O)[O-])cc(C)c1F. The number of halogens is 1. The molecule has 1 aromatic rings. The Bertz CT molecular complexity index is 559. The van der Waals surface area contributed by atoms with Crippen molar-refractivity contribution in [1.29, 1.82) is 0 Å². The van der Waals surface area contributed by atoms with E-state index < -0.39 is 40.4 Å². The number of non-ortho nitro benzene ring substituents is 1. The highest BCUT2D eigenvalue weighted by atomic mass is 19.1. The van der Waals surface area contributed by atoms with Crippen molar-refractivity contribution in [1.82, 2.24) is 5.32 Å². The smallest absolute Gasteiger partial charge is 0.325 e. The lowest BCUT2D eigenvalue weighted by molar-refractivity contribution is -0.385. The zero-order valence-corrected chi connectivity index (χ0v) is 10.9. The Morgan fingerprint density at radius 1 is 1.45 bits per heavy atom. The number of esters is 1. The number of hydrogen-bond donors (Lipinski definition) is 1. The van der Waals surface area contributed by atoms with Crippen LogP contribution in [0.2, 0.25) is 0 Å². The number of hydrogen-bond acceptors (Lipinski definition) is 5. The molecule has 0 heterocycles. The van der Waals surface area contributed by atoms with E-state index in [1.165, 1.54) is 6.92 Å². The van der Waals surface area contributed by atoms with Gasteiger partial charge in [-0.25, -0.2) is 4.39 Å². The van der Waals surface area contributed by atoms with E-state index in [1.54, 1.807) is 6.92 Å². The summed E-state index contributed by atoms with van der Waals surface area (Å²) >= 11 is 0. The number of rotatable bonds is 5. The Morgan fingerprint density at radius 2 is 2.10 bits per heavy atom. The molecular formula is C12H13FN2O5. The number of nitro benzene ring substituents is 1. The third kappa shape index (κ3) is 3.74. The van der Waals surface area contributed by atoms with E-state index in [9.17, 15) is 24.1 Å². The van der Waals surface area contributed by atoms with Crippen LogP contribution < -0.4 is 5.32 Å². The van der Waals surface area contributed by atoms with Gasteiger partial charge < -0.3 is 10.1 Å². The topological polar surface area (TPSA) is 98.5 Å². The van der Waals surface area contributed by atoms with Gasteiger partial charge in [0.2, 0.25) is 0 Å². The van der Waals surface area contributed by atoms with Crippen molar-refractivity contribution in [3.63, 3.8) is 0 Å². The molecule has 0 bridgehead atoms. The van der Waals surface area contributed by atoms with Crippen LogP contribution in [0.25, 0.3) is 0 Å². The average Bonchev–Trinajstić information content (AvgIpc) is 2.39. The van der Waals surface area contributed by atoms with Gasteiger partial charge in [0.05, 0.1) is 17.1 Å². The van der Waals surface area contributed by atoms with Gasteiger partial charge in [0.25, 0.3) is 11.6 Å². The Balaban J connectivity index is 2.92. The predicted octanol–water partition coefficient (Wildman–Crippen LogP) is 1.34. The molecule has 0 spiro atoms. The van der Waals surface area contributed by atoms with E-state index in [0.29, 0.717) is 0 Å². The van der Waals surface area contributed by atoms with E-state index in [-0.39, 0.29) is 12.2 Å². The van der Waals surface area contributed by atoms with Crippen LogP contribution in [0.4, 0.5) is 10.1 Å². The molecule has 0 atom stereocenters. The van der Waals surface area contributed by atoms with Crippen LogP contribution in [0.1, 0.15) is 22.8 Å². The maximum absolute atomic E-state index is 13.8. The lowest BCUT2D eigenvalue weighted by Gasteiger charge is -2.07. The van der Waals surface area contributed by atoms with Crippen molar-refractivity contribution in [2.24, 2.45) is 0 Å². The monoisotopic (exact) mass is 284 g/mol. The molecule has 0 aliphatic rings. The standard InChI is InChI=1S/C12H13FN2O5/c1-3-20-10(16)6-14-12(17)9-5-8(15(18)19)4-7(2)11(9)13/h4-5H,3,6H2,1-2H3,(H,14,17). The lowest BCUT2D eigenvalue weighted by atomic mass is 10.1. The first-order valence-corrected chi connectivity index (χ1v) is 5.75. The van der Waals surface area contributed by atoms with E-state index in [0.717, 1.165) is 12.1 Å². The van der Waals surface area contributed by atoms with Gasteiger partial charge >= 0.3 is 5.97 Å². The van der Waals surface area contributed by atoms with Gasteiger partial charge in [-0.1, -0.05) is 0 Å². The normalized spacial score (nSPS) is 9.95. The summed E-state index contributed by atoms with van der Waals surface area (Å²) in [5, 5.41) is 12.8. The maximum atomic E-state index is 13.8. The second-order valence-corrected chi connectivity index (χ2v) is 3.87. The van der Waals surface area contributed by atoms with E-state index in [2.05, 4.69) is 10.1 Å². The number of ether oxygens (including phenoxy) is 1. The number of nitro groups is 1. The highest BCUT2D eigenvalue weighted by Crippen LogP contribution is 2.20. The summed E-state index contributed by atoms with van der Waals surface area (Å²) < 4.78 is 18.4. The van der Waals surface area contributed by atoms with Crippen LogP contribution in [-0.4, -0.2) is 30.0 Å². The molecule has 1 rings (SSSR count). The Morgan fingerprint density at radius 3 is 2.65 bits per heavy atom. The molecule has 1 N–H and O–H groups in total. The summed E-state index contributed by atoms with van der Waals surface area (Å²) in [5.74, 6) is -2.46. The molecule has 0 aliphatic heterocycles. The largest absolute Gasteiger partial charge is 0.465 e. The van der Waals surface area contributed by atoms with Gasteiger partial charge in [-0.3, -0.25) is 19.7 Å². The Labute approximate surface area is 113 Å². The van der Waals surface area contributed by atoms with Crippen LogP contribution in [0.15, 0.2) is 12.1 Å². The molecular weight excluding hydrogens is 271 g/mol. The van der Waals surface area contributed by atoms with Gasteiger partial charge in [-0.05, 0) is 19.4 Å². The zero-order chi connectivity index (χ0) is 15.3. The van der Waals surface area contributed by atoms with Gasteiger partial charge in [0.1, 0.15) is 12.4 Å². The quantitative estimate of drug-likeness (QED) is 0.499. The molecule has 1 amide bonds. The molecule has 0 unspecified atom stereocenters. The Hall–Kier alpha value is -2.51. The summed E-state index contributed by atoms with van der Waals surface area (Å²) in [6, 6.07) is 1.85. The summed E-state index contributed by atoms with van der Waals surface area (Å²) in [6.45, 7) is 2.63. The van der Waals surface area contributed by atoms with Crippen molar-refractivity contribution >= 4 is 17.6 Å². The average molecular weight is 284 g/mol.